The predicted octanol–water partition coefficient (Wildman–Crippen LogP) is 3.76. The maximum atomic E-state index is 13.5. The molecule has 0 aliphatic carbocycles. The summed E-state index contributed by atoms with van der Waals surface area (Å²) in [5.74, 6) is 0.843. The molecular formula is C23H25ClN4O6S. The summed E-state index contributed by atoms with van der Waals surface area (Å²) in [6.45, 7) is 1.95. The van der Waals surface area contributed by atoms with Gasteiger partial charge in [-0.3, -0.25) is 4.79 Å². The van der Waals surface area contributed by atoms with Gasteiger partial charge in [-0.25, -0.2) is 8.42 Å². The number of nitrogens with zero attached hydrogens (tertiary/aromatic N) is 3. The van der Waals surface area contributed by atoms with Crippen LogP contribution in [0.5, 0.6) is 11.5 Å². The van der Waals surface area contributed by atoms with Crippen molar-refractivity contribution < 1.29 is 27.2 Å². The molecule has 2 aromatic carbocycles. The number of benzene rings is 2. The van der Waals surface area contributed by atoms with E-state index in [1.54, 1.807) is 31.2 Å². The lowest BCUT2D eigenvalue weighted by atomic mass is 9.98. The summed E-state index contributed by atoms with van der Waals surface area (Å²) in [5.41, 5.74) is 0.959. The third-order valence-electron chi connectivity index (χ3n) is 5.71. The van der Waals surface area contributed by atoms with Crippen LogP contribution in [0, 0.1) is 12.8 Å². The van der Waals surface area contributed by atoms with Gasteiger partial charge >= 0.3 is 0 Å². The molecule has 1 atom stereocenters. The van der Waals surface area contributed by atoms with Gasteiger partial charge in [-0.1, -0.05) is 16.8 Å². The number of anilines is 1. The summed E-state index contributed by atoms with van der Waals surface area (Å²) < 4.78 is 43.8. The van der Waals surface area contributed by atoms with Crippen LogP contribution in [0.1, 0.15) is 18.7 Å². The number of aromatic nitrogens is 2. The van der Waals surface area contributed by atoms with E-state index in [-0.39, 0.29) is 34.7 Å². The molecule has 0 radical (unpaired) electrons. The normalized spacial score (nSPS) is 16.6. The molecule has 4 rings (SSSR count). The van der Waals surface area contributed by atoms with E-state index in [1.807, 2.05) is 0 Å². The van der Waals surface area contributed by atoms with Gasteiger partial charge in [0.05, 0.1) is 25.2 Å². The number of carbonyl (C=O) groups excluding carboxylic acids is 1. The Morgan fingerprint density at radius 2 is 1.89 bits per heavy atom. The summed E-state index contributed by atoms with van der Waals surface area (Å²) in [6, 6.07) is 9.57. The van der Waals surface area contributed by atoms with Crippen molar-refractivity contribution in [3.63, 3.8) is 0 Å². The van der Waals surface area contributed by atoms with Crippen LogP contribution >= 0.6 is 11.6 Å². The topological polar surface area (TPSA) is 124 Å². The monoisotopic (exact) mass is 520 g/mol. The average Bonchev–Trinajstić information content (AvgIpc) is 3.30. The highest BCUT2D eigenvalue weighted by Gasteiger charge is 2.35. The van der Waals surface area contributed by atoms with Crippen LogP contribution in [0.25, 0.3) is 11.4 Å². The number of amides is 1. The smallest absolute Gasteiger partial charge is 0.244 e. The number of hydrogen-bond acceptors (Lipinski definition) is 8. The fourth-order valence-corrected chi connectivity index (χ4v) is 5.92. The zero-order valence-electron chi connectivity index (χ0n) is 19.4. The Morgan fingerprint density at radius 1 is 1.17 bits per heavy atom. The van der Waals surface area contributed by atoms with Crippen LogP contribution in [-0.4, -0.2) is 56.1 Å². The van der Waals surface area contributed by atoms with Gasteiger partial charge in [0.25, 0.3) is 0 Å². The zero-order chi connectivity index (χ0) is 25.2. The van der Waals surface area contributed by atoms with Gasteiger partial charge in [-0.2, -0.15) is 9.29 Å². The molecule has 1 aromatic heterocycles. The van der Waals surface area contributed by atoms with Crippen molar-refractivity contribution in [2.45, 2.75) is 24.7 Å². The average molecular weight is 521 g/mol. The lowest BCUT2D eigenvalue weighted by Gasteiger charge is -2.31. The minimum Gasteiger partial charge on any atom is -0.497 e. The lowest BCUT2D eigenvalue weighted by molar-refractivity contribution is -0.120. The Kier molecular flexibility index (Phi) is 7.29. The van der Waals surface area contributed by atoms with E-state index >= 15 is 0 Å². The van der Waals surface area contributed by atoms with Crippen molar-refractivity contribution >= 4 is 33.2 Å². The number of nitrogens with one attached hydrogen (secondary N) is 1. The minimum atomic E-state index is -3.98. The Balaban J connectivity index is 1.54. The maximum absolute atomic E-state index is 13.5. The van der Waals surface area contributed by atoms with Gasteiger partial charge in [0, 0.05) is 49.5 Å². The van der Waals surface area contributed by atoms with Crippen LogP contribution in [0.15, 0.2) is 45.8 Å². The SMILES string of the molecule is COc1cc(NC(=O)[C@H]2CCCN(S(=O)(=O)c3cc(-c4noc(C)n4)ccc3Cl)C2)cc(OC)c1. The molecule has 0 unspecified atom stereocenters. The second kappa shape index (κ2) is 10.2. The highest BCUT2D eigenvalue weighted by molar-refractivity contribution is 7.89. The second-order valence-electron chi connectivity index (χ2n) is 8.07. The van der Waals surface area contributed by atoms with Crippen LogP contribution in [0.2, 0.25) is 5.02 Å². The number of rotatable bonds is 7. The molecule has 1 aliphatic heterocycles. The first-order valence-electron chi connectivity index (χ1n) is 10.9. The summed E-state index contributed by atoms with van der Waals surface area (Å²) in [4.78, 5) is 17.1. The van der Waals surface area contributed by atoms with Gasteiger partial charge in [0.2, 0.25) is 27.6 Å². The minimum absolute atomic E-state index is 0.0249. The number of ether oxygens (including phenoxy) is 2. The molecule has 35 heavy (non-hydrogen) atoms. The largest absolute Gasteiger partial charge is 0.497 e. The van der Waals surface area contributed by atoms with Crippen molar-refractivity contribution in [1.82, 2.24) is 14.4 Å². The van der Waals surface area contributed by atoms with Crippen LogP contribution < -0.4 is 14.8 Å². The standard InChI is InChI=1S/C23H25ClN4O6S/c1-14-25-22(27-34-14)15-6-7-20(24)21(9-15)35(30,31)28-8-4-5-16(13-28)23(29)26-17-10-18(32-2)12-19(11-17)33-3/h6-7,9-12,16H,4-5,8,13H2,1-3H3,(H,26,29)/t16-/m0/s1. The van der Waals surface area contributed by atoms with E-state index in [4.69, 9.17) is 25.6 Å². The van der Waals surface area contributed by atoms with Crippen molar-refractivity contribution in [3.05, 3.63) is 47.3 Å². The number of sulfonamides is 1. The van der Waals surface area contributed by atoms with E-state index in [0.29, 0.717) is 41.5 Å². The molecular weight excluding hydrogens is 496 g/mol. The summed E-state index contributed by atoms with van der Waals surface area (Å²) in [7, 11) is -0.946. The van der Waals surface area contributed by atoms with Gasteiger partial charge < -0.3 is 19.3 Å². The first kappa shape index (κ1) is 25.0. The molecule has 10 nitrogen and oxygen atoms in total. The first-order chi connectivity index (χ1) is 16.7. The third kappa shape index (κ3) is 5.42. The molecule has 186 valence electrons. The zero-order valence-corrected chi connectivity index (χ0v) is 21.0. The summed E-state index contributed by atoms with van der Waals surface area (Å²) in [6.07, 6.45) is 1.08. The molecule has 1 fully saturated rings. The number of halogens is 1. The highest BCUT2D eigenvalue weighted by Crippen LogP contribution is 2.32. The van der Waals surface area contributed by atoms with E-state index in [0.717, 1.165) is 0 Å². The fraction of sp³-hybridized carbons (Fsp3) is 0.348. The van der Waals surface area contributed by atoms with Crippen LogP contribution in [0.4, 0.5) is 5.69 Å². The first-order valence-corrected chi connectivity index (χ1v) is 12.7. The third-order valence-corrected chi connectivity index (χ3v) is 8.06. The molecule has 3 aromatic rings. The molecule has 1 N–H and O–H groups in total. The number of aryl methyl sites for hydroxylation is 1. The van der Waals surface area contributed by atoms with E-state index < -0.39 is 15.9 Å². The molecule has 0 spiro atoms. The molecule has 0 bridgehead atoms. The fourth-order valence-electron chi connectivity index (χ4n) is 3.89. The summed E-state index contributed by atoms with van der Waals surface area (Å²) >= 11 is 6.28. The molecule has 2 heterocycles. The lowest BCUT2D eigenvalue weighted by Crippen LogP contribution is -2.43. The Morgan fingerprint density at radius 3 is 2.51 bits per heavy atom. The van der Waals surface area contributed by atoms with Gasteiger partial charge in [-0.05, 0) is 31.0 Å². The molecule has 12 heteroatoms. The van der Waals surface area contributed by atoms with Crippen LogP contribution in [0.3, 0.4) is 0 Å². The number of carbonyl (C=O) groups is 1. The van der Waals surface area contributed by atoms with E-state index in [1.165, 1.54) is 30.7 Å². The maximum Gasteiger partial charge on any atom is 0.244 e. The molecule has 1 saturated heterocycles. The quantitative estimate of drug-likeness (QED) is 0.499. The highest BCUT2D eigenvalue weighted by atomic mass is 35.5. The summed E-state index contributed by atoms with van der Waals surface area (Å²) in [5, 5.41) is 6.76. The van der Waals surface area contributed by atoms with Crippen molar-refractivity contribution in [2.24, 2.45) is 5.92 Å². The van der Waals surface area contributed by atoms with E-state index in [2.05, 4.69) is 15.5 Å². The molecule has 0 saturated carbocycles. The molecule has 1 aliphatic rings. The van der Waals surface area contributed by atoms with Crippen LogP contribution in [-0.2, 0) is 14.8 Å². The molecule has 1 amide bonds. The van der Waals surface area contributed by atoms with Gasteiger partial charge in [0.15, 0.2) is 0 Å². The van der Waals surface area contributed by atoms with Crippen molar-refractivity contribution in [2.75, 3.05) is 32.6 Å². The Bertz CT molecular complexity index is 1320. The van der Waals surface area contributed by atoms with Gasteiger partial charge in [-0.15, -0.1) is 0 Å². The van der Waals surface area contributed by atoms with Crippen molar-refractivity contribution in [3.8, 4) is 22.9 Å². The van der Waals surface area contributed by atoms with Gasteiger partial charge in [0.1, 0.15) is 16.4 Å². The van der Waals surface area contributed by atoms with Crippen molar-refractivity contribution in [1.29, 1.82) is 0 Å². The van der Waals surface area contributed by atoms with E-state index in [9.17, 15) is 13.2 Å². The second-order valence-corrected chi connectivity index (χ2v) is 10.4. The Labute approximate surface area is 208 Å². The predicted molar refractivity (Wildman–Crippen MR) is 129 cm³/mol. The Hall–Kier alpha value is -3.15. The number of methoxy groups -OCH3 is 2. The number of piperidine rings is 1. The number of hydrogen-bond donors (Lipinski definition) is 1.